The molecule has 21 heavy (non-hydrogen) atoms. The van der Waals surface area contributed by atoms with Gasteiger partial charge < -0.3 is 10.4 Å². The van der Waals surface area contributed by atoms with Gasteiger partial charge in [-0.25, -0.2) is 4.79 Å². The topological polar surface area (TPSA) is 49.3 Å². The van der Waals surface area contributed by atoms with Crippen molar-refractivity contribution in [1.82, 2.24) is 0 Å². The lowest BCUT2D eigenvalue weighted by Gasteiger charge is -2.36. The Labute approximate surface area is 123 Å². The molecule has 2 N–H and O–H groups in total. The molecule has 0 bridgehead atoms. The number of alkyl halides is 3. The summed E-state index contributed by atoms with van der Waals surface area (Å²) in [5.41, 5.74) is -0.759. The van der Waals surface area contributed by atoms with Crippen molar-refractivity contribution in [2.24, 2.45) is 5.92 Å². The Morgan fingerprint density at radius 1 is 1.38 bits per heavy atom. The van der Waals surface area contributed by atoms with Crippen molar-refractivity contribution in [3.63, 3.8) is 0 Å². The maximum absolute atomic E-state index is 13.1. The third kappa shape index (κ3) is 2.18. The summed E-state index contributed by atoms with van der Waals surface area (Å²) in [7, 11) is 0. The Balaban J connectivity index is 2.22. The molecule has 0 saturated carbocycles. The molecule has 0 aromatic heterocycles. The Morgan fingerprint density at radius 2 is 2.10 bits per heavy atom. The molecule has 0 saturated heterocycles. The summed E-state index contributed by atoms with van der Waals surface area (Å²) in [5.74, 6) is -1.89. The standard InChI is InChI=1S/C14H11ClF3NO2/c15-9-5-4-8(14(16,17)18)12-10(9)6-2-1-3-7(6)11(19-12)13(20)21/h1-2,4-7,11,19H,3H2,(H,20,21)/t6-,7+,11+/m0/s1. The highest BCUT2D eigenvalue weighted by molar-refractivity contribution is 6.32. The van der Waals surface area contributed by atoms with E-state index in [0.717, 1.165) is 6.07 Å². The minimum absolute atomic E-state index is 0.213. The number of nitrogens with one attached hydrogen (secondary N) is 1. The number of hydrogen-bond donors (Lipinski definition) is 2. The number of carbonyl (C=O) groups is 1. The number of carboxylic acids is 1. The normalized spacial score (nSPS) is 27.0. The summed E-state index contributed by atoms with van der Waals surface area (Å²) in [6.45, 7) is 0. The Hall–Kier alpha value is -1.69. The van der Waals surface area contributed by atoms with Crippen molar-refractivity contribution < 1.29 is 23.1 Å². The fourth-order valence-electron chi connectivity index (χ4n) is 3.14. The molecule has 1 heterocycles. The van der Waals surface area contributed by atoms with Crippen molar-refractivity contribution in [1.29, 1.82) is 0 Å². The van der Waals surface area contributed by atoms with Crippen LogP contribution in [-0.4, -0.2) is 17.1 Å². The van der Waals surface area contributed by atoms with E-state index in [-0.39, 0.29) is 16.6 Å². The van der Waals surface area contributed by atoms with Crippen molar-refractivity contribution in [2.75, 3.05) is 5.32 Å². The molecular formula is C14H11ClF3NO2. The SMILES string of the molecule is O=C(O)[C@@H]1Nc2c(C(F)(F)F)ccc(Cl)c2[C@H]2C=CC[C@H]21. The van der Waals surface area contributed by atoms with Gasteiger partial charge in [0.05, 0.1) is 11.3 Å². The highest BCUT2D eigenvalue weighted by Gasteiger charge is 2.45. The predicted octanol–water partition coefficient (Wildman–Crippen LogP) is 3.90. The maximum Gasteiger partial charge on any atom is 0.418 e. The lowest BCUT2D eigenvalue weighted by molar-refractivity contribution is -0.140. The van der Waals surface area contributed by atoms with Crippen molar-refractivity contribution in [2.45, 2.75) is 24.6 Å². The van der Waals surface area contributed by atoms with Gasteiger partial charge in [0.25, 0.3) is 0 Å². The second-order valence-electron chi connectivity index (χ2n) is 5.20. The van der Waals surface area contributed by atoms with Crippen molar-refractivity contribution in [3.8, 4) is 0 Å². The summed E-state index contributed by atoms with van der Waals surface area (Å²) in [5, 5.41) is 12.0. The third-order valence-corrected chi connectivity index (χ3v) is 4.37. The number of carboxylic acid groups (broad SMARTS) is 1. The van der Waals surface area contributed by atoms with Crippen LogP contribution < -0.4 is 5.32 Å². The van der Waals surface area contributed by atoms with E-state index in [4.69, 9.17) is 11.6 Å². The van der Waals surface area contributed by atoms with Gasteiger partial charge in [0.15, 0.2) is 0 Å². The molecule has 1 aliphatic heterocycles. The van der Waals surface area contributed by atoms with Gasteiger partial charge in [-0.1, -0.05) is 23.8 Å². The molecule has 0 radical (unpaired) electrons. The monoisotopic (exact) mass is 317 g/mol. The molecule has 0 amide bonds. The van der Waals surface area contributed by atoms with Gasteiger partial charge in [-0.05, 0) is 18.6 Å². The largest absolute Gasteiger partial charge is 0.480 e. The van der Waals surface area contributed by atoms with E-state index < -0.39 is 29.7 Å². The van der Waals surface area contributed by atoms with Crippen LogP contribution in [0.2, 0.25) is 5.02 Å². The minimum atomic E-state index is -4.57. The number of aliphatic carboxylic acids is 1. The molecular weight excluding hydrogens is 307 g/mol. The zero-order chi connectivity index (χ0) is 15.4. The van der Waals surface area contributed by atoms with Crippen LogP contribution in [0.4, 0.5) is 18.9 Å². The highest BCUT2D eigenvalue weighted by atomic mass is 35.5. The number of rotatable bonds is 1. The average Bonchev–Trinajstić information content (AvgIpc) is 2.84. The second-order valence-corrected chi connectivity index (χ2v) is 5.60. The second kappa shape index (κ2) is 4.66. The summed E-state index contributed by atoms with van der Waals surface area (Å²) < 4.78 is 39.4. The van der Waals surface area contributed by atoms with E-state index in [2.05, 4.69) is 5.32 Å². The molecule has 3 atom stereocenters. The first kappa shape index (κ1) is 14.3. The first-order valence-electron chi connectivity index (χ1n) is 6.36. The molecule has 1 aliphatic carbocycles. The lowest BCUT2D eigenvalue weighted by Crippen LogP contribution is -2.42. The van der Waals surface area contributed by atoms with E-state index >= 15 is 0 Å². The smallest absolute Gasteiger partial charge is 0.418 e. The number of allylic oxidation sites excluding steroid dienone is 2. The Bertz CT molecular complexity index is 642. The number of fused-ring (bicyclic) bond motifs is 3. The van der Waals surface area contributed by atoms with Crippen LogP contribution in [0.25, 0.3) is 0 Å². The van der Waals surface area contributed by atoms with Crippen LogP contribution in [0.1, 0.15) is 23.5 Å². The highest BCUT2D eigenvalue weighted by Crippen LogP contribution is 2.51. The fraction of sp³-hybridized carbons (Fsp3) is 0.357. The first-order chi connectivity index (χ1) is 9.80. The van der Waals surface area contributed by atoms with E-state index in [9.17, 15) is 23.1 Å². The molecule has 0 spiro atoms. The summed E-state index contributed by atoms with van der Waals surface area (Å²) >= 11 is 6.07. The quantitative estimate of drug-likeness (QED) is 0.772. The maximum atomic E-state index is 13.1. The fourth-order valence-corrected chi connectivity index (χ4v) is 3.43. The van der Waals surface area contributed by atoms with Gasteiger partial charge in [-0.2, -0.15) is 13.2 Å². The van der Waals surface area contributed by atoms with Gasteiger partial charge in [-0.3, -0.25) is 0 Å². The van der Waals surface area contributed by atoms with Crippen molar-refractivity contribution >= 4 is 23.3 Å². The first-order valence-corrected chi connectivity index (χ1v) is 6.74. The molecule has 1 aromatic carbocycles. The predicted molar refractivity (Wildman–Crippen MR) is 71.5 cm³/mol. The van der Waals surface area contributed by atoms with Crippen LogP contribution in [0, 0.1) is 5.92 Å². The summed E-state index contributed by atoms with van der Waals surface area (Å²) in [6.07, 6.45) is -0.536. The molecule has 3 rings (SSSR count). The third-order valence-electron chi connectivity index (χ3n) is 4.04. The van der Waals surface area contributed by atoms with Gasteiger partial charge in [0.2, 0.25) is 0 Å². The lowest BCUT2D eigenvalue weighted by atomic mass is 9.78. The van der Waals surface area contributed by atoms with E-state index in [1.807, 2.05) is 0 Å². The molecule has 0 unspecified atom stereocenters. The van der Waals surface area contributed by atoms with Gasteiger partial charge in [0, 0.05) is 22.4 Å². The van der Waals surface area contributed by atoms with E-state index in [1.54, 1.807) is 12.2 Å². The van der Waals surface area contributed by atoms with Gasteiger partial charge in [0.1, 0.15) is 6.04 Å². The zero-order valence-electron chi connectivity index (χ0n) is 10.6. The summed E-state index contributed by atoms with van der Waals surface area (Å²) in [6, 6.07) is 1.04. The zero-order valence-corrected chi connectivity index (χ0v) is 11.4. The van der Waals surface area contributed by atoms with Crippen LogP contribution in [-0.2, 0) is 11.0 Å². The Morgan fingerprint density at radius 3 is 2.71 bits per heavy atom. The van der Waals surface area contributed by atoms with E-state index in [1.165, 1.54) is 6.07 Å². The number of benzene rings is 1. The van der Waals surface area contributed by atoms with Gasteiger partial charge in [-0.15, -0.1) is 0 Å². The number of halogens is 4. The molecule has 1 aromatic rings. The Kier molecular flexibility index (Phi) is 3.16. The van der Waals surface area contributed by atoms with Crippen LogP contribution >= 0.6 is 11.6 Å². The number of anilines is 1. The average molecular weight is 318 g/mol. The van der Waals surface area contributed by atoms with Crippen LogP contribution in [0.5, 0.6) is 0 Å². The van der Waals surface area contributed by atoms with Gasteiger partial charge >= 0.3 is 12.1 Å². The van der Waals surface area contributed by atoms with E-state index in [0.29, 0.717) is 12.0 Å². The molecule has 112 valence electrons. The molecule has 7 heteroatoms. The van der Waals surface area contributed by atoms with Crippen molar-refractivity contribution in [3.05, 3.63) is 40.4 Å². The number of hydrogen-bond acceptors (Lipinski definition) is 2. The molecule has 2 aliphatic rings. The van der Waals surface area contributed by atoms with Crippen LogP contribution in [0.15, 0.2) is 24.3 Å². The molecule has 0 fully saturated rings. The minimum Gasteiger partial charge on any atom is -0.480 e. The van der Waals surface area contributed by atoms with Crippen LogP contribution in [0.3, 0.4) is 0 Å². The summed E-state index contributed by atoms with van der Waals surface area (Å²) in [4.78, 5) is 11.3. The molecule has 3 nitrogen and oxygen atoms in total.